The van der Waals surface area contributed by atoms with E-state index in [0.717, 1.165) is 0 Å². The molecule has 16 heavy (non-hydrogen) atoms. The molecule has 3 nitrogen and oxygen atoms in total. The fourth-order valence-electron chi connectivity index (χ4n) is 1.02. The van der Waals surface area contributed by atoms with Gasteiger partial charge in [0.15, 0.2) is 0 Å². The van der Waals surface area contributed by atoms with E-state index in [0.29, 0.717) is 17.1 Å². The van der Waals surface area contributed by atoms with Crippen LogP contribution in [0.1, 0.15) is 5.56 Å². The molecule has 2 atom stereocenters. The van der Waals surface area contributed by atoms with Gasteiger partial charge in [-0.25, -0.2) is 0 Å². The van der Waals surface area contributed by atoms with Crippen molar-refractivity contribution in [2.75, 3.05) is 0 Å². The van der Waals surface area contributed by atoms with Gasteiger partial charge in [0.2, 0.25) is 14.2 Å². The van der Waals surface area contributed by atoms with E-state index >= 15 is 0 Å². The van der Waals surface area contributed by atoms with Gasteiger partial charge in [-0.2, -0.15) is 0 Å². The Kier molecular flexibility index (Phi) is 4.83. The summed E-state index contributed by atoms with van der Waals surface area (Å²) in [6.45, 7) is -0.144. The Hall–Kier alpha value is 0.210. The summed E-state index contributed by atoms with van der Waals surface area (Å²) in [5.74, 6) is 1.04. The summed E-state index contributed by atoms with van der Waals surface area (Å²) < 4.78 is 25.3. The summed E-state index contributed by atoms with van der Waals surface area (Å²) in [5, 5.41) is 9.20. The van der Waals surface area contributed by atoms with Crippen molar-refractivity contribution in [1.29, 1.82) is 2.67 Å². The highest BCUT2D eigenvalue weighted by atomic mass is 32.5. The summed E-state index contributed by atoms with van der Waals surface area (Å²) in [6, 6.07) is 5.06. The van der Waals surface area contributed by atoms with E-state index in [9.17, 15) is 5.11 Å². The van der Waals surface area contributed by atoms with Gasteiger partial charge in [-0.1, -0.05) is 16.0 Å². The minimum Gasteiger partial charge on any atom is -0.442 e. The molecule has 86 valence electrons. The van der Waals surface area contributed by atoms with Gasteiger partial charge in [-0.15, -0.1) is 0 Å². The third-order valence-electron chi connectivity index (χ3n) is 1.60. The van der Waals surface area contributed by atoms with Gasteiger partial charge in [-0.05, 0) is 35.2 Å². The molecule has 2 unspecified atom stereocenters. The van der Waals surface area contributed by atoms with Gasteiger partial charge in [0.1, 0.15) is 11.5 Å². The monoisotopic (exact) mass is 296 g/mol. The highest BCUT2D eigenvalue weighted by molar-refractivity contribution is 8.28. The summed E-state index contributed by atoms with van der Waals surface area (Å²) in [5.41, 5.74) is 0.631. The molecule has 0 heterocycles. The first-order valence-corrected chi connectivity index (χ1v) is 9.22. The minimum atomic E-state index is -0.704. The Morgan fingerprint density at radius 2 is 2.00 bits per heavy atom. The van der Waals surface area contributed by atoms with Crippen LogP contribution in [0, 0.1) is 0 Å². The molecular weight excluding hydrogens is 280 g/mol. The Morgan fingerprint density at radius 1 is 1.31 bits per heavy atom. The first-order chi connectivity index (χ1) is 8.60. The SMILES string of the molecule is [3H]BS(=P)Oc1ccc(CO)c(OS(=P)B[3H])c1. The lowest BCUT2D eigenvalue weighted by Gasteiger charge is -2.12. The molecule has 0 spiro atoms. The minimum absolute atomic E-state index is 0.0854. The maximum atomic E-state index is 9.20. The van der Waals surface area contributed by atoms with E-state index in [1.807, 2.05) is 0 Å². The molecule has 0 aromatic heterocycles. The first kappa shape index (κ1) is 11.3. The van der Waals surface area contributed by atoms with E-state index in [4.69, 9.17) is 11.0 Å². The van der Waals surface area contributed by atoms with E-state index in [2.05, 4.69) is 16.0 Å². The Balaban J connectivity index is 2.94. The molecule has 0 aliphatic rings. The van der Waals surface area contributed by atoms with E-state index < -0.39 is 20.4 Å². The fraction of sp³-hybridized carbons (Fsp3) is 0.143. The van der Waals surface area contributed by atoms with Gasteiger partial charge >= 0.3 is 0 Å². The molecule has 0 aliphatic heterocycles. The standard InChI is InChI=1S/C7H12B2O3P2S2/c8-15(13)11-6-2-1-5(4-10)7(3-6)12-16(9)14/h1-3,10,13-14H,4,8-9H2/i8T,9T. The van der Waals surface area contributed by atoms with E-state index in [1.165, 1.54) is 0 Å². The highest BCUT2D eigenvalue weighted by Crippen LogP contribution is 2.26. The molecule has 0 saturated carbocycles. The number of rotatable bonds is 7. The van der Waals surface area contributed by atoms with Crippen LogP contribution in [0.3, 0.4) is 0 Å². The maximum Gasteiger partial charge on any atom is 0.222 e. The average Bonchev–Trinajstić information content (AvgIpc) is 2.38. The van der Waals surface area contributed by atoms with Gasteiger partial charge in [0.25, 0.3) is 0 Å². The zero-order valence-corrected chi connectivity index (χ0v) is 12.1. The third kappa shape index (κ3) is 4.60. The largest absolute Gasteiger partial charge is 0.442 e. The maximum absolute atomic E-state index is 9.20. The second-order valence-electron chi connectivity index (χ2n) is 2.79. The predicted octanol–water partition coefficient (Wildman–Crippen LogP) is 0.215. The van der Waals surface area contributed by atoms with Crippen LogP contribution in [0.4, 0.5) is 0 Å². The van der Waals surface area contributed by atoms with Crippen LogP contribution in [0.5, 0.6) is 11.5 Å². The number of benzene rings is 1. The first-order valence-electron chi connectivity index (χ1n) is 5.55. The van der Waals surface area contributed by atoms with Crippen LogP contribution >= 0.6 is 16.0 Å². The number of hydrogen-bond acceptors (Lipinski definition) is 3. The normalized spacial score (nSPS) is 15.3. The molecule has 0 bridgehead atoms. The Morgan fingerprint density at radius 3 is 2.62 bits per heavy atom. The van der Waals surface area contributed by atoms with Crippen LogP contribution in [-0.2, 0) is 27.0 Å². The topological polar surface area (TPSA) is 38.7 Å². The molecule has 1 aromatic carbocycles. The van der Waals surface area contributed by atoms with E-state index in [1.54, 1.807) is 18.2 Å². The van der Waals surface area contributed by atoms with Crippen molar-refractivity contribution in [1.82, 2.24) is 0 Å². The predicted molar refractivity (Wildman–Crippen MR) is 82.1 cm³/mol. The van der Waals surface area contributed by atoms with Crippen LogP contribution in [0.15, 0.2) is 18.2 Å². The number of aliphatic hydroxyl groups is 1. The van der Waals surface area contributed by atoms with Crippen molar-refractivity contribution < 1.29 is 13.5 Å². The second kappa shape index (κ2) is 6.83. The van der Waals surface area contributed by atoms with Crippen LogP contribution in [-0.4, -0.2) is 22.0 Å². The molecule has 0 aliphatic carbocycles. The van der Waals surface area contributed by atoms with Gasteiger partial charge < -0.3 is 13.5 Å². The summed E-state index contributed by atoms with van der Waals surface area (Å²) >= 11 is 0. The van der Waals surface area contributed by atoms with Crippen molar-refractivity contribution in [3.63, 3.8) is 0 Å². The zero-order chi connectivity index (χ0) is 13.5. The zero-order valence-electron chi connectivity index (χ0n) is 10.4. The average molecular weight is 296 g/mol. The summed E-state index contributed by atoms with van der Waals surface area (Å²) in [7, 11) is 5.40. The Bertz CT molecular complexity index is 466. The van der Waals surface area contributed by atoms with Crippen molar-refractivity contribution in [2.24, 2.45) is 0 Å². The summed E-state index contributed by atoms with van der Waals surface area (Å²) in [4.78, 5) is 0. The lowest BCUT2D eigenvalue weighted by molar-refractivity contribution is 0.279. The molecule has 0 amide bonds. The van der Waals surface area contributed by atoms with Gasteiger partial charge in [0, 0.05) is 11.6 Å². The van der Waals surface area contributed by atoms with Crippen molar-refractivity contribution in [2.45, 2.75) is 6.61 Å². The lowest BCUT2D eigenvalue weighted by Crippen LogP contribution is -2.01. The molecule has 1 rings (SSSR count). The van der Waals surface area contributed by atoms with E-state index in [-0.39, 0.29) is 20.8 Å². The van der Waals surface area contributed by atoms with Crippen molar-refractivity contribution in [3.05, 3.63) is 23.8 Å². The molecule has 1 N–H and O–H groups in total. The highest BCUT2D eigenvalue weighted by Gasteiger charge is 2.06. The van der Waals surface area contributed by atoms with Crippen molar-refractivity contribution in [3.8, 4) is 11.5 Å². The number of aliphatic hydroxyl groups excluding tert-OH is 1. The summed E-state index contributed by atoms with van der Waals surface area (Å²) in [6.07, 6.45) is 0. The van der Waals surface area contributed by atoms with Crippen LogP contribution < -0.4 is 8.37 Å². The second-order valence-corrected chi connectivity index (χ2v) is 7.23. The molecule has 1 aromatic rings. The quantitative estimate of drug-likeness (QED) is 0.578. The molecule has 0 fully saturated rings. The lowest BCUT2D eigenvalue weighted by atomic mass is 10.2. The molecule has 9 heteroatoms. The van der Waals surface area contributed by atoms with Crippen molar-refractivity contribution >= 4 is 50.6 Å². The Labute approximate surface area is 109 Å². The third-order valence-corrected chi connectivity index (χ3v) is 2.87. The molecule has 0 saturated heterocycles. The fourth-order valence-corrected chi connectivity index (χ4v) is 2.29. The number of hydrogen-bond donors (Lipinski definition) is 1. The van der Waals surface area contributed by atoms with Crippen LogP contribution in [0.25, 0.3) is 0 Å². The molecule has 0 radical (unpaired) electrons. The van der Waals surface area contributed by atoms with Gasteiger partial charge in [0.05, 0.1) is 6.61 Å². The molecular formula is C7H12B2O3P2S2. The van der Waals surface area contributed by atoms with Gasteiger partial charge in [-0.3, -0.25) is 0 Å². The van der Waals surface area contributed by atoms with Crippen LogP contribution in [0.2, 0.25) is 0 Å². The smallest absolute Gasteiger partial charge is 0.222 e.